The zero-order valence-corrected chi connectivity index (χ0v) is 16.5. The van der Waals surface area contributed by atoms with Crippen LogP contribution in [-0.2, 0) is 11.2 Å². The lowest BCUT2D eigenvalue weighted by molar-refractivity contribution is 0.0383. The van der Waals surface area contributed by atoms with Gasteiger partial charge in [-0.2, -0.15) is 0 Å². The van der Waals surface area contributed by atoms with Gasteiger partial charge in [-0.05, 0) is 35.9 Å². The molecule has 1 aliphatic heterocycles. The van der Waals surface area contributed by atoms with Gasteiger partial charge in [0.25, 0.3) is 5.91 Å². The molecule has 1 fully saturated rings. The first kappa shape index (κ1) is 19.4. The second-order valence-corrected chi connectivity index (χ2v) is 7.02. The second-order valence-electron chi connectivity index (χ2n) is 7.02. The number of aromatic nitrogens is 1. The summed E-state index contributed by atoms with van der Waals surface area (Å²) in [6.45, 7) is 4.78. The average molecular weight is 395 g/mol. The smallest absolute Gasteiger partial charge is 0.251 e. The monoisotopic (exact) mass is 395 g/mol. The van der Waals surface area contributed by atoms with Crippen molar-refractivity contribution in [3.05, 3.63) is 59.5 Å². The fourth-order valence-corrected chi connectivity index (χ4v) is 3.36. The molecule has 0 saturated carbocycles. The van der Waals surface area contributed by atoms with Crippen LogP contribution in [0.15, 0.2) is 46.9 Å². The summed E-state index contributed by atoms with van der Waals surface area (Å²) in [5, 5.41) is 2.97. The minimum absolute atomic E-state index is 0.103. The van der Waals surface area contributed by atoms with Gasteiger partial charge in [-0.1, -0.05) is 12.1 Å². The molecule has 1 amide bonds. The molecule has 0 aliphatic carbocycles. The van der Waals surface area contributed by atoms with Gasteiger partial charge in [-0.25, -0.2) is 4.98 Å². The molecule has 7 nitrogen and oxygen atoms in total. The maximum Gasteiger partial charge on any atom is 0.251 e. The maximum atomic E-state index is 12.5. The van der Waals surface area contributed by atoms with Gasteiger partial charge >= 0.3 is 0 Å². The van der Waals surface area contributed by atoms with Gasteiger partial charge in [-0.15, -0.1) is 0 Å². The van der Waals surface area contributed by atoms with Crippen LogP contribution in [0.3, 0.4) is 0 Å². The first-order chi connectivity index (χ1) is 14.2. The van der Waals surface area contributed by atoms with E-state index in [4.69, 9.17) is 13.9 Å². The highest BCUT2D eigenvalue weighted by molar-refractivity contribution is 5.97. The molecule has 3 aromatic rings. The number of amides is 1. The third-order valence-corrected chi connectivity index (χ3v) is 5.03. The average Bonchev–Trinajstić information content (AvgIpc) is 3.16. The lowest BCUT2D eigenvalue weighted by atomic mass is 10.1. The molecule has 0 unspecified atom stereocenters. The summed E-state index contributed by atoms with van der Waals surface area (Å²) in [6, 6.07) is 13.2. The van der Waals surface area contributed by atoms with Crippen LogP contribution >= 0.6 is 0 Å². The molecular weight excluding hydrogens is 370 g/mol. The van der Waals surface area contributed by atoms with Crippen LogP contribution in [0.4, 0.5) is 0 Å². The van der Waals surface area contributed by atoms with E-state index in [-0.39, 0.29) is 5.91 Å². The van der Waals surface area contributed by atoms with E-state index in [2.05, 4.69) is 15.2 Å². The van der Waals surface area contributed by atoms with Crippen LogP contribution in [-0.4, -0.2) is 62.3 Å². The number of morpholine rings is 1. The van der Waals surface area contributed by atoms with E-state index in [0.717, 1.165) is 49.7 Å². The molecule has 29 heavy (non-hydrogen) atoms. The van der Waals surface area contributed by atoms with E-state index in [0.29, 0.717) is 30.0 Å². The number of rotatable bonds is 7. The summed E-state index contributed by atoms with van der Waals surface area (Å²) in [6.07, 6.45) is 0.583. The number of nitrogens with one attached hydrogen (secondary N) is 1. The maximum absolute atomic E-state index is 12.5. The normalized spacial score (nSPS) is 14.8. The summed E-state index contributed by atoms with van der Waals surface area (Å²) in [5.41, 5.74) is 3.03. The van der Waals surface area contributed by atoms with E-state index < -0.39 is 0 Å². The Morgan fingerprint density at radius 1 is 1.17 bits per heavy atom. The molecule has 2 aromatic carbocycles. The van der Waals surface area contributed by atoms with Crippen LogP contribution in [0.25, 0.3) is 11.1 Å². The molecule has 7 heteroatoms. The Morgan fingerprint density at radius 2 is 1.97 bits per heavy atom. The van der Waals surface area contributed by atoms with Gasteiger partial charge in [0.05, 0.1) is 20.3 Å². The molecule has 2 heterocycles. The highest BCUT2D eigenvalue weighted by Crippen LogP contribution is 2.20. The zero-order valence-electron chi connectivity index (χ0n) is 16.5. The van der Waals surface area contributed by atoms with Crippen molar-refractivity contribution in [3.8, 4) is 5.75 Å². The van der Waals surface area contributed by atoms with E-state index >= 15 is 0 Å². The molecular formula is C22H25N3O4. The van der Waals surface area contributed by atoms with Crippen LogP contribution in [0.1, 0.15) is 21.8 Å². The summed E-state index contributed by atoms with van der Waals surface area (Å²) in [5.74, 6) is 1.33. The lowest BCUT2D eigenvalue weighted by Gasteiger charge is -2.26. The second kappa shape index (κ2) is 9.07. The Balaban J connectivity index is 1.37. The van der Waals surface area contributed by atoms with Crippen molar-refractivity contribution in [1.82, 2.24) is 15.2 Å². The standard InChI is InChI=1S/C22H25N3O4/c1-27-18-5-2-16(3-6-18)14-21-24-19-7-4-17(15-20(19)29-21)22(26)23-8-9-25-10-12-28-13-11-25/h2-7,15H,8-14H2,1H3,(H,23,26). The summed E-state index contributed by atoms with van der Waals surface area (Å²) >= 11 is 0. The molecule has 0 radical (unpaired) electrons. The van der Waals surface area contributed by atoms with Crippen molar-refractivity contribution in [2.24, 2.45) is 0 Å². The number of carbonyl (C=O) groups is 1. The molecule has 1 N–H and O–H groups in total. The molecule has 1 aromatic heterocycles. The van der Waals surface area contributed by atoms with Crippen molar-refractivity contribution < 1.29 is 18.7 Å². The van der Waals surface area contributed by atoms with Crippen molar-refractivity contribution in [1.29, 1.82) is 0 Å². The van der Waals surface area contributed by atoms with E-state index in [1.807, 2.05) is 30.3 Å². The Kier molecular flexibility index (Phi) is 6.07. The van der Waals surface area contributed by atoms with Crippen molar-refractivity contribution >= 4 is 17.0 Å². The van der Waals surface area contributed by atoms with Crippen LogP contribution < -0.4 is 10.1 Å². The molecule has 0 atom stereocenters. The van der Waals surface area contributed by atoms with Gasteiger partial charge in [0.15, 0.2) is 11.5 Å². The molecule has 152 valence electrons. The quantitative estimate of drug-likeness (QED) is 0.662. The fraction of sp³-hybridized carbons (Fsp3) is 0.364. The largest absolute Gasteiger partial charge is 0.497 e. The predicted molar refractivity (Wildman–Crippen MR) is 109 cm³/mol. The first-order valence-electron chi connectivity index (χ1n) is 9.82. The topological polar surface area (TPSA) is 76.8 Å². The predicted octanol–water partition coefficient (Wildman–Crippen LogP) is 2.49. The van der Waals surface area contributed by atoms with Gasteiger partial charge in [0, 0.05) is 38.2 Å². The molecule has 0 bridgehead atoms. The first-order valence-corrected chi connectivity index (χ1v) is 9.82. The summed E-state index contributed by atoms with van der Waals surface area (Å²) in [4.78, 5) is 19.3. The minimum atomic E-state index is -0.103. The Labute approximate surface area is 169 Å². The number of oxazole rings is 1. The van der Waals surface area contributed by atoms with Gasteiger partial charge in [-0.3, -0.25) is 9.69 Å². The Hall–Kier alpha value is -2.90. The minimum Gasteiger partial charge on any atom is -0.497 e. The van der Waals surface area contributed by atoms with Gasteiger partial charge in [0.1, 0.15) is 11.3 Å². The summed E-state index contributed by atoms with van der Waals surface area (Å²) in [7, 11) is 1.65. The number of methoxy groups -OCH3 is 1. The molecule has 0 spiro atoms. The van der Waals surface area contributed by atoms with Gasteiger partial charge in [0.2, 0.25) is 0 Å². The zero-order chi connectivity index (χ0) is 20.1. The Morgan fingerprint density at radius 3 is 2.72 bits per heavy atom. The van der Waals surface area contributed by atoms with Crippen molar-refractivity contribution in [3.63, 3.8) is 0 Å². The highest BCUT2D eigenvalue weighted by Gasteiger charge is 2.13. The van der Waals surface area contributed by atoms with E-state index in [1.165, 1.54) is 0 Å². The van der Waals surface area contributed by atoms with Crippen LogP contribution in [0.5, 0.6) is 5.75 Å². The number of hydrogen-bond donors (Lipinski definition) is 1. The third kappa shape index (κ3) is 4.93. The molecule has 4 rings (SSSR count). The van der Waals surface area contributed by atoms with Gasteiger partial charge < -0.3 is 19.2 Å². The fourth-order valence-electron chi connectivity index (χ4n) is 3.36. The van der Waals surface area contributed by atoms with Crippen LogP contribution in [0, 0.1) is 0 Å². The number of fused-ring (bicyclic) bond motifs is 1. The third-order valence-electron chi connectivity index (χ3n) is 5.03. The molecule has 1 saturated heterocycles. The molecule has 1 aliphatic rings. The highest BCUT2D eigenvalue weighted by atomic mass is 16.5. The van der Waals surface area contributed by atoms with Crippen molar-refractivity contribution in [2.75, 3.05) is 46.5 Å². The van der Waals surface area contributed by atoms with Crippen LogP contribution in [0.2, 0.25) is 0 Å². The lowest BCUT2D eigenvalue weighted by Crippen LogP contribution is -2.41. The SMILES string of the molecule is COc1ccc(Cc2nc3ccc(C(=O)NCCN4CCOCC4)cc3o2)cc1. The number of carbonyl (C=O) groups excluding carboxylic acids is 1. The number of nitrogens with zero attached hydrogens (tertiary/aromatic N) is 2. The van der Waals surface area contributed by atoms with Crippen molar-refractivity contribution in [2.45, 2.75) is 6.42 Å². The number of benzene rings is 2. The van der Waals surface area contributed by atoms with E-state index in [9.17, 15) is 4.79 Å². The van der Waals surface area contributed by atoms with E-state index in [1.54, 1.807) is 19.2 Å². The summed E-state index contributed by atoms with van der Waals surface area (Å²) < 4.78 is 16.4. The number of ether oxygens (including phenoxy) is 2. The Bertz CT molecular complexity index is 962. The number of hydrogen-bond acceptors (Lipinski definition) is 6.